The van der Waals surface area contributed by atoms with Crippen LogP contribution in [0.25, 0.3) is 22.4 Å². The molecule has 198 valence electrons. The maximum absolute atomic E-state index is 12.9. The lowest BCUT2D eigenvalue weighted by Gasteiger charge is -2.29. The molecule has 3 heterocycles. The first-order chi connectivity index (χ1) is 17.7. The number of rotatable bonds is 6. The van der Waals surface area contributed by atoms with Gasteiger partial charge in [0.05, 0.1) is 25.5 Å². The van der Waals surface area contributed by atoms with Gasteiger partial charge in [-0.05, 0) is 60.9 Å². The van der Waals surface area contributed by atoms with E-state index in [2.05, 4.69) is 26.1 Å². The average molecular weight is 519 g/mol. The number of benzene rings is 1. The lowest BCUT2D eigenvalue weighted by molar-refractivity contribution is -0.141. The van der Waals surface area contributed by atoms with E-state index in [-0.39, 0.29) is 19.1 Å². The molecule has 9 nitrogen and oxygen atoms in total. The Bertz CT molecular complexity index is 1190. The van der Waals surface area contributed by atoms with E-state index in [1.807, 2.05) is 44.2 Å². The van der Waals surface area contributed by atoms with E-state index in [9.17, 15) is 18.3 Å². The number of nitrogens with zero attached hydrogens (tertiary/aromatic N) is 4. The molecule has 1 fully saturated rings. The second-order valence-corrected chi connectivity index (χ2v) is 8.39. The molecule has 0 saturated carbocycles. The van der Waals surface area contributed by atoms with Crippen molar-refractivity contribution < 1.29 is 27.8 Å². The second-order valence-electron chi connectivity index (χ2n) is 8.39. The molecule has 2 aromatic heterocycles. The van der Waals surface area contributed by atoms with E-state index in [1.165, 1.54) is 6.07 Å². The van der Waals surface area contributed by atoms with E-state index < -0.39 is 11.9 Å². The fourth-order valence-electron chi connectivity index (χ4n) is 3.73. The number of nitrogens with one attached hydrogen (secondary N) is 1. The SMILES string of the molecule is Cc1ccc(-c2ccc(C(F)(F)F)nn2)cc1-c1cc(NC(C)CO)nc(N2CCOCC2)c1.NC=O. The van der Waals surface area contributed by atoms with E-state index >= 15 is 0 Å². The normalized spacial score (nSPS) is 14.4. The topological polar surface area (TPSA) is 126 Å². The van der Waals surface area contributed by atoms with Crippen LogP contribution in [-0.2, 0) is 15.7 Å². The van der Waals surface area contributed by atoms with Gasteiger partial charge in [-0.1, -0.05) is 12.1 Å². The van der Waals surface area contributed by atoms with Crippen molar-refractivity contribution in [2.24, 2.45) is 5.73 Å². The number of carbonyl (C=O) groups is 1. The third kappa shape index (κ3) is 7.37. The summed E-state index contributed by atoms with van der Waals surface area (Å²) in [7, 11) is 0. The quantitative estimate of drug-likeness (QED) is 0.425. The molecule has 37 heavy (non-hydrogen) atoms. The van der Waals surface area contributed by atoms with Gasteiger partial charge < -0.3 is 25.8 Å². The number of halogens is 3. The van der Waals surface area contributed by atoms with Crippen LogP contribution in [-0.4, -0.2) is 65.6 Å². The van der Waals surface area contributed by atoms with Crippen LogP contribution >= 0.6 is 0 Å². The number of aryl methyl sites for hydroxylation is 1. The molecule has 1 saturated heterocycles. The lowest BCUT2D eigenvalue weighted by atomic mass is 9.97. The summed E-state index contributed by atoms with van der Waals surface area (Å²) < 4.78 is 44.1. The summed E-state index contributed by atoms with van der Waals surface area (Å²) in [6, 6.07) is 11.6. The van der Waals surface area contributed by atoms with Crippen LogP contribution in [0.4, 0.5) is 24.8 Å². The Balaban J connectivity index is 0.00000121. The number of ether oxygens (including phenoxy) is 1. The van der Waals surface area contributed by atoms with Crippen molar-refractivity contribution in [3.63, 3.8) is 0 Å². The number of morpholine rings is 1. The van der Waals surface area contributed by atoms with Gasteiger partial charge in [0.25, 0.3) is 0 Å². The van der Waals surface area contributed by atoms with Crippen molar-refractivity contribution in [2.75, 3.05) is 43.1 Å². The minimum Gasteiger partial charge on any atom is -0.394 e. The van der Waals surface area contributed by atoms with Crippen LogP contribution in [0, 0.1) is 6.92 Å². The Hall–Kier alpha value is -3.77. The van der Waals surface area contributed by atoms with Crippen molar-refractivity contribution in [3.05, 3.63) is 53.7 Å². The van der Waals surface area contributed by atoms with Gasteiger partial charge in [-0.3, -0.25) is 4.79 Å². The molecule has 0 spiro atoms. The summed E-state index contributed by atoms with van der Waals surface area (Å²) in [6.07, 6.45) is -4.29. The Morgan fingerprint density at radius 3 is 2.43 bits per heavy atom. The zero-order chi connectivity index (χ0) is 27.0. The van der Waals surface area contributed by atoms with Gasteiger partial charge in [-0.15, -0.1) is 10.2 Å². The van der Waals surface area contributed by atoms with Gasteiger partial charge in [0.1, 0.15) is 11.6 Å². The maximum atomic E-state index is 12.9. The van der Waals surface area contributed by atoms with Crippen LogP contribution in [0.15, 0.2) is 42.5 Å². The first kappa shape index (κ1) is 27.8. The predicted molar refractivity (Wildman–Crippen MR) is 134 cm³/mol. The van der Waals surface area contributed by atoms with Gasteiger partial charge in [0.15, 0.2) is 5.69 Å². The van der Waals surface area contributed by atoms with Crippen LogP contribution in [0.3, 0.4) is 0 Å². The smallest absolute Gasteiger partial charge is 0.394 e. The summed E-state index contributed by atoms with van der Waals surface area (Å²) in [5.74, 6) is 1.41. The fourth-order valence-corrected chi connectivity index (χ4v) is 3.73. The van der Waals surface area contributed by atoms with Gasteiger partial charge in [0.2, 0.25) is 6.41 Å². The molecule has 1 unspecified atom stereocenters. The number of pyridine rings is 1. The minimum absolute atomic E-state index is 0.0418. The van der Waals surface area contributed by atoms with Crippen LogP contribution in [0.1, 0.15) is 18.2 Å². The molecular formula is C25H29F3N6O3. The third-order valence-electron chi connectivity index (χ3n) is 5.61. The zero-order valence-electron chi connectivity index (χ0n) is 20.5. The van der Waals surface area contributed by atoms with Crippen molar-refractivity contribution >= 4 is 18.0 Å². The lowest BCUT2D eigenvalue weighted by Crippen LogP contribution is -2.37. The van der Waals surface area contributed by atoms with E-state index in [0.29, 0.717) is 43.4 Å². The van der Waals surface area contributed by atoms with Crippen LogP contribution in [0.2, 0.25) is 0 Å². The summed E-state index contributed by atoms with van der Waals surface area (Å²) in [6.45, 7) is 6.44. The van der Waals surface area contributed by atoms with Gasteiger partial charge in [-0.2, -0.15) is 13.2 Å². The Labute approximate surface area is 212 Å². The van der Waals surface area contributed by atoms with Crippen molar-refractivity contribution in [1.29, 1.82) is 0 Å². The molecule has 4 rings (SSSR count). The molecule has 4 N–H and O–H groups in total. The molecule has 0 aliphatic carbocycles. The maximum Gasteiger partial charge on any atom is 0.435 e. The number of hydrogen-bond acceptors (Lipinski definition) is 8. The molecule has 1 aromatic carbocycles. The minimum atomic E-state index is -4.54. The Morgan fingerprint density at radius 1 is 1.14 bits per heavy atom. The largest absolute Gasteiger partial charge is 0.435 e. The summed E-state index contributed by atoms with van der Waals surface area (Å²) >= 11 is 0. The molecule has 12 heteroatoms. The number of anilines is 2. The highest BCUT2D eigenvalue weighted by Gasteiger charge is 2.33. The van der Waals surface area contributed by atoms with E-state index in [0.717, 1.165) is 28.6 Å². The summed E-state index contributed by atoms with van der Waals surface area (Å²) in [5.41, 5.74) is 6.93. The van der Waals surface area contributed by atoms with Crippen molar-refractivity contribution in [3.8, 4) is 22.4 Å². The van der Waals surface area contributed by atoms with Gasteiger partial charge >= 0.3 is 6.18 Å². The predicted octanol–water partition coefficient (Wildman–Crippen LogP) is 3.26. The Kier molecular flexibility index (Phi) is 9.36. The standard InChI is InChI=1S/C24H26F3N5O2.CH3NO/c1-15-3-4-17(20-5-6-21(31-30-20)24(25,26)27)11-19(15)18-12-22(28-16(2)14-33)29-23(13-18)32-7-9-34-10-8-32;2-1-3/h3-6,11-13,16,33H,7-10,14H2,1-2H3,(H,28,29);1H,(H2,2,3). The molecule has 3 aromatic rings. The number of aliphatic hydroxyl groups excluding tert-OH is 1. The average Bonchev–Trinajstić information content (AvgIpc) is 2.89. The third-order valence-corrected chi connectivity index (χ3v) is 5.61. The van der Waals surface area contributed by atoms with Crippen molar-refractivity contribution in [2.45, 2.75) is 26.1 Å². The van der Waals surface area contributed by atoms with Crippen LogP contribution < -0.4 is 16.0 Å². The molecular weight excluding hydrogens is 489 g/mol. The van der Waals surface area contributed by atoms with Crippen LogP contribution in [0.5, 0.6) is 0 Å². The number of hydrogen-bond donors (Lipinski definition) is 3. The van der Waals surface area contributed by atoms with Gasteiger partial charge in [-0.25, -0.2) is 4.98 Å². The fraction of sp³-hybridized carbons (Fsp3) is 0.360. The van der Waals surface area contributed by atoms with E-state index in [1.54, 1.807) is 0 Å². The molecule has 0 radical (unpaired) electrons. The molecule has 1 aliphatic rings. The highest BCUT2D eigenvalue weighted by molar-refractivity contribution is 5.77. The number of alkyl halides is 3. The Morgan fingerprint density at radius 2 is 1.84 bits per heavy atom. The number of amides is 1. The monoisotopic (exact) mass is 518 g/mol. The first-order valence-electron chi connectivity index (χ1n) is 11.6. The summed E-state index contributed by atoms with van der Waals surface area (Å²) in [5, 5.41) is 19.8. The van der Waals surface area contributed by atoms with E-state index in [4.69, 9.17) is 14.5 Å². The highest BCUT2D eigenvalue weighted by atomic mass is 19.4. The number of aliphatic hydroxyl groups is 1. The van der Waals surface area contributed by atoms with Gasteiger partial charge in [0, 0.05) is 24.7 Å². The number of carbonyl (C=O) groups excluding carboxylic acids is 1. The summed E-state index contributed by atoms with van der Waals surface area (Å²) in [4.78, 5) is 15.5. The number of nitrogens with two attached hydrogens (primary N) is 1. The number of aromatic nitrogens is 3. The highest BCUT2D eigenvalue weighted by Crippen LogP contribution is 2.33. The molecule has 1 aliphatic heterocycles. The first-order valence-corrected chi connectivity index (χ1v) is 11.6. The zero-order valence-corrected chi connectivity index (χ0v) is 20.5. The molecule has 0 bridgehead atoms. The molecule has 1 atom stereocenters. The van der Waals surface area contributed by atoms with Crippen molar-refractivity contribution in [1.82, 2.24) is 15.2 Å². The molecule has 1 amide bonds. The number of primary amides is 1. The second kappa shape index (κ2) is 12.5.